The van der Waals surface area contributed by atoms with Crippen LogP contribution in [0.15, 0.2) is 24.3 Å². The Morgan fingerprint density at radius 2 is 1.88 bits per heavy atom. The molecule has 0 saturated heterocycles. The van der Waals surface area contributed by atoms with Crippen molar-refractivity contribution in [1.82, 2.24) is 0 Å². The SMILES string of the molecule is CC(C)(C)OC(=O)[C@@H]1CC1c1ccc(Cl)cc1. The standard InChI is InChI=1S/C14H17ClO2/c1-14(2,3)17-13(16)12-8-11(12)9-4-6-10(15)7-5-9/h4-7,11-12H,8H2,1-3H3/t11?,12-/m1/s1. The van der Waals surface area contributed by atoms with Crippen LogP contribution in [-0.4, -0.2) is 11.6 Å². The Balaban J connectivity index is 1.96. The highest BCUT2D eigenvalue weighted by Gasteiger charge is 2.46. The second-order valence-electron chi connectivity index (χ2n) is 5.53. The van der Waals surface area contributed by atoms with Gasteiger partial charge in [-0.3, -0.25) is 4.79 Å². The van der Waals surface area contributed by atoms with Crippen LogP contribution >= 0.6 is 11.6 Å². The lowest BCUT2D eigenvalue weighted by molar-refractivity contribution is -0.156. The second kappa shape index (κ2) is 4.34. The van der Waals surface area contributed by atoms with Gasteiger partial charge in [-0.2, -0.15) is 0 Å². The monoisotopic (exact) mass is 252 g/mol. The topological polar surface area (TPSA) is 26.3 Å². The van der Waals surface area contributed by atoms with E-state index in [0.29, 0.717) is 5.92 Å². The molecule has 92 valence electrons. The van der Waals surface area contributed by atoms with Crippen molar-refractivity contribution in [2.75, 3.05) is 0 Å². The molecule has 1 unspecified atom stereocenters. The lowest BCUT2D eigenvalue weighted by Gasteiger charge is -2.19. The minimum absolute atomic E-state index is 0.0235. The van der Waals surface area contributed by atoms with Crippen LogP contribution in [0.5, 0.6) is 0 Å². The van der Waals surface area contributed by atoms with Gasteiger partial charge in [0.15, 0.2) is 0 Å². The number of halogens is 1. The first-order valence-electron chi connectivity index (χ1n) is 5.85. The maximum absolute atomic E-state index is 11.8. The molecule has 17 heavy (non-hydrogen) atoms. The summed E-state index contributed by atoms with van der Waals surface area (Å²) >= 11 is 5.83. The van der Waals surface area contributed by atoms with Gasteiger partial charge in [0, 0.05) is 5.02 Å². The first-order chi connectivity index (χ1) is 7.87. The molecule has 3 heteroatoms. The summed E-state index contributed by atoms with van der Waals surface area (Å²) in [4.78, 5) is 11.8. The van der Waals surface area contributed by atoms with Crippen molar-refractivity contribution in [2.24, 2.45) is 5.92 Å². The molecule has 0 radical (unpaired) electrons. The third-order valence-electron chi connectivity index (χ3n) is 2.80. The van der Waals surface area contributed by atoms with Gasteiger partial charge in [-0.1, -0.05) is 23.7 Å². The molecular formula is C14H17ClO2. The summed E-state index contributed by atoms with van der Waals surface area (Å²) in [5.41, 5.74) is 0.773. The van der Waals surface area contributed by atoms with Crippen LogP contribution in [0.1, 0.15) is 38.7 Å². The highest BCUT2D eigenvalue weighted by molar-refractivity contribution is 6.30. The Labute approximate surface area is 107 Å². The fourth-order valence-electron chi connectivity index (χ4n) is 1.91. The molecule has 0 spiro atoms. The Kier molecular flexibility index (Phi) is 3.17. The van der Waals surface area contributed by atoms with E-state index in [0.717, 1.165) is 11.4 Å². The number of rotatable bonds is 2. The molecule has 0 amide bonds. The van der Waals surface area contributed by atoms with Crippen molar-refractivity contribution in [3.05, 3.63) is 34.9 Å². The molecule has 1 aromatic carbocycles. The second-order valence-corrected chi connectivity index (χ2v) is 5.97. The normalized spacial score (nSPS) is 23.3. The molecule has 1 fully saturated rings. The van der Waals surface area contributed by atoms with E-state index in [1.54, 1.807) is 0 Å². The molecule has 2 rings (SSSR count). The van der Waals surface area contributed by atoms with Crippen molar-refractivity contribution in [3.63, 3.8) is 0 Å². The van der Waals surface area contributed by atoms with Gasteiger partial charge in [0.05, 0.1) is 5.92 Å². The van der Waals surface area contributed by atoms with Crippen LogP contribution in [-0.2, 0) is 9.53 Å². The van der Waals surface area contributed by atoms with Crippen molar-refractivity contribution in [1.29, 1.82) is 0 Å². The quantitative estimate of drug-likeness (QED) is 0.749. The first-order valence-corrected chi connectivity index (χ1v) is 6.23. The molecule has 0 N–H and O–H groups in total. The maximum Gasteiger partial charge on any atom is 0.310 e. The summed E-state index contributed by atoms with van der Waals surface area (Å²) in [6, 6.07) is 7.69. The molecule has 1 aliphatic carbocycles. The van der Waals surface area contributed by atoms with E-state index in [4.69, 9.17) is 16.3 Å². The third kappa shape index (κ3) is 3.22. The van der Waals surface area contributed by atoms with Gasteiger partial charge in [-0.25, -0.2) is 0 Å². The summed E-state index contributed by atoms with van der Waals surface area (Å²) < 4.78 is 5.37. The zero-order valence-electron chi connectivity index (χ0n) is 10.4. The van der Waals surface area contributed by atoms with E-state index in [2.05, 4.69) is 0 Å². The zero-order chi connectivity index (χ0) is 12.6. The Morgan fingerprint density at radius 1 is 1.29 bits per heavy atom. The lowest BCUT2D eigenvalue weighted by Crippen LogP contribution is -2.25. The zero-order valence-corrected chi connectivity index (χ0v) is 11.1. The molecule has 2 atom stereocenters. The van der Waals surface area contributed by atoms with Gasteiger partial charge in [-0.05, 0) is 50.8 Å². The van der Waals surface area contributed by atoms with E-state index in [1.165, 1.54) is 5.56 Å². The fraction of sp³-hybridized carbons (Fsp3) is 0.500. The smallest absolute Gasteiger partial charge is 0.310 e. The first kappa shape index (κ1) is 12.4. The number of hydrogen-bond acceptors (Lipinski definition) is 2. The van der Waals surface area contributed by atoms with Crippen molar-refractivity contribution in [3.8, 4) is 0 Å². The average molecular weight is 253 g/mol. The van der Waals surface area contributed by atoms with Crippen LogP contribution in [0.2, 0.25) is 5.02 Å². The fourth-order valence-corrected chi connectivity index (χ4v) is 2.04. The van der Waals surface area contributed by atoms with E-state index < -0.39 is 5.60 Å². The molecule has 0 bridgehead atoms. The molecule has 1 aliphatic rings. The predicted octanol–water partition coefficient (Wildman–Crippen LogP) is 3.79. The summed E-state index contributed by atoms with van der Waals surface area (Å²) in [6.07, 6.45) is 0.885. The van der Waals surface area contributed by atoms with Crippen LogP contribution in [0.25, 0.3) is 0 Å². The van der Waals surface area contributed by atoms with Crippen LogP contribution < -0.4 is 0 Å². The number of benzene rings is 1. The van der Waals surface area contributed by atoms with Crippen LogP contribution in [0, 0.1) is 5.92 Å². The summed E-state index contributed by atoms with van der Waals surface area (Å²) in [7, 11) is 0. The molecule has 0 aromatic heterocycles. The molecule has 0 heterocycles. The Bertz CT molecular complexity index is 417. The van der Waals surface area contributed by atoms with Crippen molar-refractivity contribution >= 4 is 17.6 Å². The number of ether oxygens (including phenoxy) is 1. The molecular weight excluding hydrogens is 236 g/mol. The number of hydrogen-bond donors (Lipinski definition) is 0. The average Bonchev–Trinajstić information content (AvgIpc) is 2.96. The van der Waals surface area contributed by atoms with E-state index in [1.807, 2.05) is 45.0 Å². The van der Waals surface area contributed by atoms with Gasteiger partial charge in [-0.15, -0.1) is 0 Å². The maximum atomic E-state index is 11.8. The molecule has 2 nitrogen and oxygen atoms in total. The highest BCUT2D eigenvalue weighted by Crippen LogP contribution is 2.48. The van der Waals surface area contributed by atoms with Gasteiger partial charge in [0.2, 0.25) is 0 Å². The van der Waals surface area contributed by atoms with Gasteiger partial charge in [0.25, 0.3) is 0 Å². The summed E-state index contributed by atoms with van der Waals surface area (Å²) in [5.74, 6) is 0.245. The van der Waals surface area contributed by atoms with E-state index >= 15 is 0 Å². The van der Waals surface area contributed by atoms with Crippen molar-refractivity contribution in [2.45, 2.75) is 38.7 Å². The molecule has 1 saturated carbocycles. The van der Waals surface area contributed by atoms with E-state index in [-0.39, 0.29) is 11.9 Å². The molecule has 0 aliphatic heterocycles. The number of carbonyl (C=O) groups is 1. The van der Waals surface area contributed by atoms with Crippen LogP contribution in [0.4, 0.5) is 0 Å². The predicted molar refractivity (Wildman–Crippen MR) is 68.1 cm³/mol. The van der Waals surface area contributed by atoms with Gasteiger partial charge >= 0.3 is 5.97 Å². The van der Waals surface area contributed by atoms with E-state index in [9.17, 15) is 4.79 Å². The Hall–Kier alpha value is -1.02. The number of carbonyl (C=O) groups excluding carboxylic acids is 1. The lowest BCUT2D eigenvalue weighted by atomic mass is 10.1. The largest absolute Gasteiger partial charge is 0.460 e. The Morgan fingerprint density at radius 3 is 2.41 bits per heavy atom. The van der Waals surface area contributed by atoms with Gasteiger partial charge in [0.1, 0.15) is 5.60 Å². The van der Waals surface area contributed by atoms with Gasteiger partial charge < -0.3 is 4.74 Å². The summed E-state index contributed by atoms with van der Waals surface area (Å²) in [6.45, 7) is 5.68. The third-order valence-corrected chi connectivity index (χ3v) is 3.05. The van der Waals surface area contributed by atoms with Crippen LogP contribution in [0.3, 0.4) is 0 Å². The number of esters is 1. The highest BCUT2D eigenvalue weighted by atomic mass is 35.5. The minimum Gasteiger partial charge on any atom is -0.460 e. The van der Waals surface area contributed by atoms with Crippen molar-refractivity contribution < 1.29 is 9.53 Å². The minimum atomic E-state index is -0.399. The summed E-state index contributed by atoms with van der Waals surface area (Å²) in [5, 5.41) is 0.725. The molecule has 1 aromatic rings.